The summed E-state index contributed by atoms with van der Waals surface area (Å²) in [4.78, 5) is 13.7. The summed E-state index contributed by atoms with van der Waals surface area (Å²) in [7, 11) is 3.26. The number of amides is 1. The van der Waals surface area contributed by atoms with E-state index in [2.05, 4.69) is 5.16 Å². The molecule has 1 heterocycles. The summed E-state index contributed by atoms with van der Waals surface area (Å²) >= 11 is 0. The van der Waals surface area contributed by atoms with Gasteiger partial charge in [-0.15, -0.1) is 0 Å². The van der Waals surface area contributed by atoms with Gasteiger partial charge in [-0.2, -0.15) is 0 Å². The number of nitrogens with two attached hydrogens (primary N) is 1. The number of nitrogen functional groups attached to an aromatic ring is 1. The van der Waals surface area contributed by atoms with Crippen molar-refractivity contribution in [3.05, 3.63) is 47.3 Å². The van der Waals surface area contributed by atoms with Gasteiger partial charge in [-0.3, -0.25) is 4.79 Å². The highest BCUT2D eigenvalue weighted by Gasteiger charge is 2.17. The van der Waals surface area contributed by atoms with Crippen molar-refractivity contribution in [1.82, 2.24) is 10.1 Å². The molecule has 0 atom stereocenters. The minimum absolute atomic E-state index is 0.201. The Morgan fingerprint density at radius 2 is 2.10 bits per heavy atom. The smallest absolute Gasteiger partial charge is 0.276 e. The number of ether oxygens (including phenoxy) is 1. The van der Waals surface area contributed by atoms with E-state index >= 15 is 0 Å². The minimum atomic E-state index is -0.201. The molecular weight excluding hydrogens is 258 g/mol. The zero-order valence-corrected chi connectivity index (χ0v) is 11.5. The van der Waals surface area contributed by atoms with E-state index in [0.29, 0.717) is 24.6 Å². The number of carbonyl (C=O) groups is 1. The van der Waals surface area contributed by atoms with E-state index in [0.717, 1.165) is 5.56 Å². The average Bonchev–Trinajstić information content (AvgIpc) is 2.89. The standard InChI is InChI=1S/C14H17N3O3/c1-17(8-10-3-5-11(15)6-4-10)14(18)13-7-12(9-19-2)20-16-13/h3-7H,8-9,15H2,1-2H3. The fraction of sp³-hybridized carbons (Fsp3) is 0.286. The van der Waals surface area contributed by atoms with Gasteiger partial charge >= 0.3 is 0 Å². The molecule has 6 heteroatoms. The van der Waals surface area contributed by atoms with Gasteiger partial charge in [0.05, 0.1) is 0 Å². The normalized spacial score (nSPS) is 10.5. The first-order valence-corrected chi connectivity index (χ1v) is 6.14. The lowest BCUT2D eigenvalue weighted by atomic mass is 10.2. The Morgan fingerprint density at radius 3 is 2.75 bits per heavy atom. The SMILES string of the molecule is COCc1cc(C(=O)N(C)Cc2ccc(N)cc2)no1. The Labute approximate surface area is 117 Å². The van der Waals surface area contributed by atoms with Crippen molar-refractivity contribution in [3.8, 4) is 0 Å². The largest absolute Gasteiger partial charge is 0.399 e. The number of hydrogen-bond donors (Lipinski definition) is 1. The van der Waals surface area contributed by atoms with Crippen molar-refractivity contribution in [1.29, 1.82) is 0 Å². The maximum Gasteiger partial charge on any atom is 0.276 e. The molecule has 106 valence electrons. The fourth-order valence-electron chi connectivity index (χ4n) is 1.79. The van der Waals surface area contributed by atoms with Crippen molar-refractivity contribution in [2.24, 2.45) is 0 Å². The third-order valence-electron chi connectivity index (χ3n) is 2.81. The summed E-state index contributed by atoms with van der Waals surface area (Å²) in [5, 5.41) is 3.75. The van der Waals surface area contributed by atoms with Crippen LogP contribution in [0.1, 0.15) is 21.8 Å². The summed E-state index contributed by atoms with van der Waals surface area (Å²) in [5.41, 5.74) is 7.59. The molecule has 0 bridgehead atoms. The van der Waals surface area contributed by atoms with E-state index in [1.54, 1.807) is 37.3 Å². The molecule has 0 unspecified atom stereocenters. The number of carbonyl (C=O) groups excluding carboxylic acids is 1. The molecule has 0 aliphatic carbocycles. The van der Waals surface area contributed by atoms with E-state index in [9.17, 15) is 4.79 Å². The quantitative estimate of drug-likeness (QED) is 0.839. The molecule has 1 aromatic heterocycles. The van der Waals surface area contributed by atoms with Gasteiger partial charge in [0.25, 0.3) is 5.91 Å². The number of anilines is 1. The van der Waals surface area contributed by atoms with Crippen LogP contribution < -0.4 is 5.73 Å². The molecule has 0 fully saturated rings. The highest BCUT2D eigenvalue weighted by molar-refractivity contribution is 5.92. The lowest BCUT2D eigenvalue weighted by Gasteiger charge is -2.15. The maximum atomic E-state index is 12.2. The molecule has 2 N–H and O–H groups in total. The first kappa shape index (κ1) is 14.1. The van der Waals surface area contributed by atoms with E-state index in [4.69, 9.17) is 15.0 Å². The third kappa shape index (κ3) is 3.36. The Hall–Kier alpha value is -2.34. The van der Waals surface area contributed by atoms with Crippen LogP contribution in [0.25, 0.3) is 0 Å². The van der Waals surface area contributed by atoms with Crippen LogP contribution in [0.15, 0.2) is 34.9 Å². The predicted octanol–water partition coefficient (Wildman–Crippen LogP) is 1.68. The molecule has 0 saturated carbocycles. The zero-order valence-electron chi connectivity index (χ0n) is 11.5. The van der Waals surface area contributed by atoms with Crippen molar-refractivity contribution in [2.45, 2.75) is 13.2 Å². The van der Waals surface area contributed by atoms with Crippen LogP contribution in [0.3, 0.4) is 0 Å². The Kier molecular flexibility index (Phi) is 4.37. The number of rotatable bonds is 5. The van der Waals surface area contributed by atoms with Gasteiger partial charge in [0.1, 0.15) is 6.61 Å². The van der Waals surface area contributed by atoms with Gasteiger partial charge in [0.2, 0.25) is 0 Å². The average molecular weight is 275 g/mol. The number of nitrogens with zero attached hydrogens (tertiary/aromatic N) is 2. The highest BCUT2D eigenvalue weighted by atomic mass is 16.5. The topological polar surface area (TPSA) is 81.6 Å². The highest BCUT2D eigenvalue weighted by Crippen LogP contribution is 2.11. The molecule has 2 rings (SSSR count). The molecule has 0 spiro atoms. The zero-order chi connectivity index (χ0) is 14.5. The second kappa shape index (κ2) is 6.21. The van der Waals surface area contributed by atoms with Crippen LogP contribution in [0, 0.1) is 0 Å². The molecule has 0 saturated heterocycles. The molecule has 2 aromatic rings. The van der Waals surface area contributed by atoms with Crippen molar-refractivity contribution < 1.29 is 14.1 Å². The molecular formula is C14H17N3O3. The summed E-state index contributed by atoms with van der Waals surface area (Å²) in [6.45, 7) is 0.771. The van der Waals surface area contributed by atoms with Gasteiger partial charge in [-0.05, 0) is 17.7 Å². The number of aromatic nitrogens is 1. The Bertz CT molecular complexity index is 578. The van der Waals surface area contributed by atoms with Gasteiger partial charge in [-0.1, -0.05) is 17.3 Å². The van der Waals surface area contributed by atoms with Gasteiger partial charge < -0.3 is 19.9 Å². The van der Waals surface area contributed by atoms with Gasteiger partial charge in [-0.25, -0.2) is 0 Å². The summed E-state index contributed by atoms with van der Waals surface area (Å²) in [5.74, 6) is 0.324. The second-order valence-electron chi connectivity index (χ2n) is 4.51. The van der Waals surface area contributed by atoms with E-state index < -0.39 is 0 Å². The number of hydrogen-bond acceptors (Lipinski definition) is 5. The van der Waals surface area contributed by atoms with Crippen molar-refractivity contribution in [3.63, 3.8) is 0 Å². The van der Waals surface area contributed by atoms with Crippen LogP contribution in [-0.2, 0) is 17.9 Å². The van der Waals surface area contributed by atoms with Gasteiger partial charge in [0.15, 0.2) is 11.5 Å². The summed E-state index contributed by atoms with van der Waals surface area (Å²) in [6.07, 6.45) is 0. The van der Waals surface area contributed by atoms with E-state index in [-0.39, 0.29) is 11.6 Å². The first-order chi connectivity index (χ1) is 9.60. The van der Waals surface area contributed by atoms with Crippen LogP contribution >= 0.6 is 0 Å². The first-order valence-electron chi connectivity index (χ1n) is 6.14. The predicted molar refractivity (Wildman–Crippen MR) is 73.9 cm³/mol. The molecule has 6 nitrogen and oxygen atoms in total. The van der Waals surface area contributed by atoms with Crippen LogP contribution in [-0.4, -0.2) is 30.1 Å². The Morgan fingerprint density at radius 1 is 1.40 bits per heavy atom. The van der Waals surface area contributed by atoms with Crippen LogP contribution in [0.4, 0.5) is 5.69 Å². The molecule has 20 heavy (non-hydrogen) atoms. The lowest BCUT2D eigenvalue weighted by Crippen LogP contribution is -2.26. The minimum Gasteiger partial charge on any atom is -0.399 e. The summed E-state index contributed by atoms with van der Waals surface area (Å²) in [6, 6.07) is 8.97. The van der Waals surface area contributed by atoms with Gasteiger partial charge in [0, 0.05) is 32.5 Å². The molecule has 0 aliphatic rings. The second-order valence-corrected chi connectivity index (χ2v) is 4.51. The molecule has 1 amide bonds. The maximum absolute atomic E-state index is 12.2. The monoisotopic (exact) mass is 275 g/mol. The van der Waals surface area contributed by atoms with Crippen molar-refractivity contribution in [2.75, 3.05) is 19.9 Å². The molecule has 0 radical (unpaired) electrons. The Balaban J connectivity index is 2.02. The summed E-state index contributed by atoms with van der Waals surface area (Å²) < 4.78 is 9.92. The lowest BCUT2D eigenvalue weighted by molar-refractivity contribution is 0.0774. The van der Waals surface area contributed by atoms with Crippen LogP contribution in [0.5, 0.6) is 0 Å². The van der Waals surface area contributed by atoms with Crippen LogP contribution in [0.2, 0.25) is 0 Å². The van der Waals surface area contributed by atoms with E-state index in [1.807, 2.05) is 12.1 Å². The molecule has 1 aromatic carbocycles. The third-order valence-corrected chi connectivity index (χ3v) is 2.81. The number of benzene rings is 1. The fourth-order valence-corrected chi connectivity index (χ4v) is 1.79. The number of methoxy groups -OCH3 is 1. The molecule has 0 aliphatic heterocycles. The van der Waals surface area contributed by atoms with Crippen molar-refractivity contribution >= 4 is 11.6 Å². The van der Waals surface area contributed by atoms with E-state index in [1.165, 1.54) is 0 Å².